The van der Waals surface area contributed by atoms with Crippen LogP contribution in [-0.2, 0) is 10.7 Å². The largest absolute Gasteiger partial charge is 0.394 e. The number of aromatic amines is 1. The number of nitrogens with one attached hydrogen (secondary N) is 1. The summed E-state index contributed by atoms with van der Waals surface area (Å²) in [5, 5.41) is 18.2. The van der Waals surface area contributed by atoms with Gasteiger partial charge in [0, 0.05) is 0 Å². The van der Waals surface area contributed by atoms with Crippen molar-refractivity contribution in [3.05, 3.63) is 32.9 Å². The molecule has 18 heavy (non-hydrogen) atoms. The van der Waals surface area contributed by atoms with E-state index in [-0.39, 0.29) is 4.57 Å². The zero-order valence-electron chi connectivity index (χ0n) is 8.97. The topological polar surface area (TPSA) is 105 Å². The number of nitrogens with zero attached hydrogens (tertiary/aromatic N) is 1. The smallest absolute Gasteiger partial charge is 0.332 e. The first-order chi connectivity index (χ1) is 8.37. The van der Waals surface area contributed by atoms with E-state index in [1.54, 1.807) is 4.98 Å². The van der Waals surface area contributed by atoms with E-state index in [4.69, 9.17) is 5.11 Å². The second kappa shape index (κ2) is 4.26. The Kier molecular flexibility index (Phi) is 3.05. The summed E-state index contributed by atoms with van der Waals surface area (Å²) in [6, 6.07) is 0. The van der Waals surface area contributed by atoms with Crippen molar-refractivity contribution >= 4 is 0 Å². The highest BCUT2D eigenvalue weighted by Crippen LogP contribution is 2.35. The molecule has 2 rings (SSSR count). The molecule has 0 unspecified atom stereocenters. The third kappa shape index (κ3) is 1.96. The molecule has 9 heteroatoms. The van der Waals surface area contributed by atoms with Gasteiger partial charge in [0.15, 0.2) is 0 Å². The van der Waals surface area contributed by atoms with E-state index in [9.17, 15) is 23.5 Å². The molecule has 1 aromatic rings. The van der Waals surface area contributed by atoms with Gasteiger partial charge in [-0.15, -0.1) is 0 Å². The maximum absolute atomic E-state index is 14.3. The normalized spacial score (nSPS) is 31.8. The summed E-state index contributed by atoms with van der Waals surface area (Å²) in [7, 11) is 0. The van der Waals surface area contributed by atoms with Gasteiger partial charge in [-0.3, -0.25) is 9.78 Å². The number of halogens is 2. The van der Waals surface area contributed by atoms with Gasteiger partial charge in [0.25, 0.3) is 11.5 Å². The van der Waals surface area contributed by atoms with Crippen LogP contribution in [0.25, 0.3) is 0 Å². The molecule has 3 N–H and O–H groups in total. The quantitative estimate of drug-likeness (QED) is 0.596. The van der Waals surface area contributed by atoms with Crippen LogP contribution in [0.3, 0.4) is 0 Å². The van der Waals surface area contributed by atoms with E-state index in [1.807, 2.05) is 0 Å². The molecule has 0 aromatic carbocycles. The van der Waals surface area contributed by atoms with Crippen molar-refractivity contribution in [1.82, 2.24) is 9.55 Å². The fraction of sp³-hybridized carbons (Fsp3) is 0.556. The number of hydrogen-bond acceptors (Lipinski definition) is 5. The molecule has 100 valence electrons. The third-order valence-electron chi connectivity index (χ3n) is 2.66. The van der Waals surface area contributed by atoms with Crippen molar-refractivity contribution in [3.63, 3.8) is 0 Å². The van der Waals surface area contributed by atoms with E-state index in [0.29, 0.717) is 6.20 Å². The Bertz CT molecular complexity index is 571. The standard InChI is InChI=1S/C9H10F2N2O5/c10-4-2-13(8(17)12-7(4)16)9(11)1-5(15)6(3-14)18-9/h2,5-6,14-15H,1,3H2,(H,12,16,17)/t5-,6+,9-/m0/s1. The van der Waals surface area contributed by atoms with Crippen molar-refractivity contribution < 1.29 is 23.7 Å². The molecular weight excluding hydrogens is 254 g/mol. The van der Waals surface area contributed by atoms with Crippen molar-refractivity contribution in [2.24, 2.45) is 0 Å². The Morgan fingerprint density at radius 1 is 1.61 bits per heavy atom. The van der Waals surface area contributed by atoms with Gasteiger partial charge in [0.2, 0.25) is 5.82 Å². The van der Waals surface area contributed by atoms with E-state index in [1.165, 1.54) is 0 Å². The maximum Gasteiger partial charge on any atom is 0.332 e. The number of aliphatic hydroxyl groups excluding tert-OH is 2. The van der Waals surface area contributed by atoms with Crippen LogP contribution in [-0.4, -0.2) is 38.6 Å². The van der Waals surface area contributed by atoms with E-state index in [2.05, 4.69) is 4.74 Å². The first kappa shape index (κ1) is 12.9. The molecule has 7 nitrogen and oxygen atoms in total. The lowest BCUT2D eigenvalue weighted by Gasteiger charge is -2.21. The van der Waals surface area contributed by atoms with Gasteiger partial charge in [0.1, 0.15) is 6.10 Å². The number of alkyl halides is 1. The Labute approximate surface area is 98.3 Å². The van der Waals surface area contributed by atoms with Crippen LogP contribution in [0, 0.1) is 5.82 Å². The zero-order valence-corrected chi connectivity index (χ0v) is 8.97. The van der Waals surface area contributed by atoms with E-state index >= 15 is 0 Å². The van der Waals surface area contributed by atoms with Gasteiger partial charge >= 0.3 is 5.69 Å². The minimum atomic E-state index is -2.81. The van der Waals surface area contributed by atoms with Gasteiger partial charge in [0.05, 0.1) is 25.3 Å². The SMILES string of the molecule is O=c1[nH]c(=O)n([C@@]2(F)C[C@H](O)[C@@H](CO)O2)cc1F. The van der Waals surface area contributed by atoms with E-state index in [0.717, 1.165) is 0 Å². The van der Waals surface area contributed by atoms with Crippen LogP contribution < -0.4 is 11.2 Å². The summed E-state index contributed by atoms with van der Waals surface area (Å²) in [6.45, 7) is -0.659. The fourth-order valence-electron chi connectivity index (χ4n) is 1.76. The lowest BCUT2D eigenvalue weighted by molar-refractivity contribution is -0.205. The van der Waals surface area contributed by atoms with E-state index < -0.39 is 48.3 Å². The van der Waals surface area contributed by atoms with Crippen LogP contribution in [0.1, 0.15) is 6.42 Å². The third-order valence-corrected chi connectivity index (χ3v) is 2.66. The number of H-pyrrole nitrogens is 1. The van der Waals surface area contributed by atoms with Crippen molar-refractivity contribution in [2.45, 2.75) is 24.6 Å². The summed E-state index contributed by atoms with van der Waals surface area (Å²) in [5.41, 5.74) is -2.49. The number of aromatic nitrogens is 2. The highest BCUT2D eigenvalue weighted by Gasteiger charge is 2.48. The van der Waals surface area contributed by atoms with Gasteiger partial charge in [-0.2, -0.15) is 8.78 Å². The summed E-state index contributed by atoms with van der Waals surface area (Å²) >= 11 is 0. The molecule has 0 amide bonds. The molecule has 2 heterocycles. The van der Waals surface area contributed by atoms with Crippen LogP contribution in [0.15, 0.2) is 15.8 Å². The molecule has 0 aliphatic carbocycles. The fourth-order valence-corrected chi connectivity index (χ4v) is 1.76. The molecule has 0 bridgehead atoms. The van der Waals surface area contributed by atoms with Crippen LogP contribution in [0.4, 0.5) is 8.78 Å². The Morgan fingerprint density at radius 3 is 2.83 bits per heavy atom. The Balaban J connectivity index is 2.47. The highest BCUT2D eigenvalue weighted by molar-refractivity contribution is 4.93. The van der Waals surface area contributed by atoms with Crippen molar-refractivity contribution in [1.29, 1.82) is 0 Å². The Hall–Kier alpha value is -1.58. The predicted molar refractivity (Wildman–Crippen MR) is 52.9 cm³/mol. The summed E-state index contributed by atoms with van der Waals surface area (Å²) in [5.74, 6) is -4.17. The molecule has 0 radical (unpaired) electrons. The first-order valence-corrected chi connectivity index (χ1v) is 5.05. The summed E-state index contributed by atoms with van der Waals surface area (Å²) in [6.07, 6.45) is -2.88. The molecule has 0 spiro atoms. The van der Waals surface area contributed by atoms with Crippen molar-refractivity contribution in [3.8, 4) is 0 Å². The lowest BCUT2D eigenvalue weighted by Crippen LogP contribution is -2.42. The molecule has 1 saturated heterocycles. The second-order valence-corrected chi connectivity index (χ2v) is 3.91. The number of rotatable bonds is 2. The summed E-state index contributed by atoms with van der Waals surface area (Å²) < 4.78 is 32.2. The van der Waals surface area contributed by atoms with Gasteiger partial charge < -0.3 is 14.9 Å². The predicted octanol–water partition coefficient (Wildman–Crippen LogP) is -1.60. The van der Waals surface area contributed by atoms with Gasteiger partial charge in [-0.1, -0.05) is 0 Å². The second-order valence-electron chi connectivity index (χ2n) is 3.91. The van der Waals surface area contributed by atoms with Gasteiger partial charge in [-0.05, 0) is 0 Å². The van der Waals surface area contributed by atoms with Crippen LogP contribution >= 0.6 is 0 Å². The van der Waals surface area contributed by atoms with Crippen LogP contribution in [0.2, 0.25) is 0 Å². The minimum Gasteiger partial charge on any atom is -0.394 e. The number of hydrogen-bond donors (Lipinski definition) is 3. The molecule has 1 fully saturated rings. The average molecular weight is 264 g/mol. The summed E-state index contributed by atoms with van der Waals surface area (Å²) in [4.78, 5) is 23.7. The minimum absolute atomic E-state index is 0.197. The molecular formula is C9H10F2N2O5. The van der Waals surface area contributed by atoms with Crippen LogP contribution in [0.5, 0.6) is 0 Å². The molecule has 0 saturated carbocycles. The first-order valence-electron chi connectivity index (χ1n) is 5.05. The monoisotopic (exact) mass is 264 g/mol. The van der Waals surface area contributed by atoms with Crippen molar-refractivity contribution in [2.75, 3.05) is 6.61 Å². The molecule has 3 atom stereocenters. The highest BCUT2D eigenvalue weighted by atomic mass is 19.2. The Morgan fingerprint density at radius 2 is 2.28 bits per heavy atom. The lowest BCUT2D eigenvalue weighted by atomic mass is 10.2. The number of ether oxygens (including phenoxy) is 1. The molecule has 1 aliphatic rings. The zero-order chi connectivity index (χ0) is 13.5. The molecule has 1 aromatic heterocycles. The number of aliphatic hydroxyl groups is 2. The van der Waals surface area contributed by atoms with Gasteiger partial charge in [-0.25, -0.2) is 9.36 Å². The maximum atomic E-state index is 14.3. The average Bonchev–Trinajstić information content (AvgIpc) is 2.59. The molecule has 1 aliphatic heterocycles.